The van der Waals surface area contributed by atoms with E-state index in [1.54, 1.807) is 24.3 Å². The van der Waals surface area contributed by atoms with Gasteiger partial charge < -0.3 is 5.73 Å². The van der Waals surface area contributed by atoms with Crippen molar-refractivity contribution in [3.05, 3.63) is 67.9 Å². The molecule has 0 aromatic heterocycles. The molecule has 2 aromatic carbocycles. The third-order valence-corrected chi connectivity index (χ3v) is 4.28. The highest BCUT2D eigenvalue weighted by Crippen LogP contribution is 2.29. The lowest BCUT2D eigenvalue weighted by Crippen LogP contribution is -2.14. The molecular formula is C14H11BrCl2FN. The van der Waals surface area contributed by atoms with Crippen molar-refractivity contribution in [3.63, 3.8) is 0 Å². The molecule has 0 aliphatic carbocycles. The molecule has 1 atom stereocenters. The number of benzene rings is 2. The first-order valence-corrected chi connectivity index (χ1v) is 7.17. The molecule has 1 unspecified atom stereocenters. The molecule has 1 nitrogen and oxygen atoms in total. The van der Waals surface area contributed by atoms with Gasteiger partial charge in [0.15, 0.2) is 0 Å². The summed E-state index contributed by atoms with van der Waals surface area (Å²) in [7, 11) is 0. The Labute approximate surface area is 129 Å². The van der Waals surface area contributed by atoms with Gasteiger partial charge in [-0.2, -0.15) is 0 Å². The lowest BCUT2D eigenvalue weighted by molar-refractivity contribution is 0.614. The lowest BCUT2D eigenvalue weighted by atomic mass is 9.99. The van der Waals surface area contributed by atoms with E-state index in [0.29, 0.717) is 20.9 Å². The highest BCUT2D eigenvalue weighted by molar-refractivity contribution is 9.10. The van der Waals surface area contributed by atoms with Crippen molar-refractivity contribution in [1.29, 1.82) is 0 Å². The van der Waals surface area contributed by atoms with Crippen molar-refractivity contribution in [1.82, 2.24) is 0 Å². The monoisotopic (exact) mass is 361 g/mol. The van der Waals surface area contributed by atoms with Gasteiger partial charge in [0, 0.05) is 16.1 Å². The van der Waals surface area contributed by atoms with Gasteiger partial charge in [-0.1, -0.05) is 41.4 Å². The van der Waals surface area contributed by atoms with Gasteiger partial charge in [-0.15, -0.1) is 0 Å². The molecule has 0 aliphatic heterocycles. The normalized spacial score (nSPS) is 12.5. The first-order valence-electron chi connectivity index (χ1n) is 5.62. The summed E-state index contributed by atoms with van der Waals surface area (Å²) in [6.07, 6.45) is 0.486. The van der Waals surface area contributed by atoms with Crippen LogP contribution in [0.5, 0.6) is 0 Å². The molecule has 2 N–H and O–H groups in total. The Kier molecular flexibility index (Phi) is 4.85. The Morgan fingerprint density at radius 3 is 2.63 bits per heavy atom. The maximum absolute atomic E-state index is 13.4. The van der Waals surface area contributed by atoms with Crippen molar-refractivity contribution in [2.75, 3.05) is 0 Å². The van der Waals surface area contributed by atoms with E-state index in [1.807, 2.05) is 6.07 Å². The Morgan fingerprint density at radius 1 is 1.21 bits per heavy atom. The van der Waals surface area contributed by atoms with Crippen LogP contribution in [0.2, 0.25) is 10.0 Å². The van der Waals surface area contributed by atoms with E-state index < -0.39 is 0 Å². The number of nitrogens with two attached hydrogens (primary N) is 1. The standard InChI is InChI=1S/C14H11BrCl2FN/c15-14-8(2-1-3-12(14)18)6-13(19)10-5-4-9(16)7-11(10)17/h1-5,7,13H,6,19H2. The van der Waals surface area contributed by atoms with Crippen LogP contribution in [0.3, 0.4) is 0 Å². The molecule has 2 aromatic rings. The van der Waals surface area contributed by atoms with Crippen LogP contribution >= 0.6 is 39.1 Å². The molecule has 0 bridgehead atoms. The molecule has 0 aliphatic rings. The van der Waals surface area contributed by atoms with Gasteiger partial charge in [0.1, 0.15) is 5.82 Å². The highest BCUT2D eigenvalue weighted by atomic mass is 79.9. The summed E-state index contributed by atoms with van der Waals surface area (Å²) in [5.41, 5.74) is 7.72. The molecular weight excluding hydrogens is 352 g/mol. The molecule has 0 saturated carbocycles. The zero-order chi connectivity index (χ0) is 14.0. The number of halogens is 4. The smallest absolute Gasteiger partial charge is 0.137 e. The van der Waals surface area contributed by atoms with Crippen LogP contribution in [0.4, 0.5) is 4.39 Å². The Balaban J connectivity index is 2.25. The predicted molar refractivity (Wildman–Crippen MR) is 81.2 cm³/mol. The van der Waals surface area contributed by atoms with Crippen molar-refractivity contribution >= 4 is 39.1 Å². The Hall–Kier alpha value is -0.610. The molecule has 100 valence electrons. The summed E-state index contributed by atoms with van der Waals surface area (Å²) in [5.74, 6) is -0.299. The fourth-order valence-electron chi connectivity index (χ4n) is 1.86. The zero-order valence-electron chi connectivity index (χ0n) is 9.84. The van der Waals surface area contributed by atoms with Crippen molar-refractivity contribution in [2.24, 2.45) is 5.73 Å². The van der Waals surface area contributed by atoms with E-state index in [9.17, 15) is 4.39 Å². The fraction of sp³-hybridized carbons (Fsp3) is 0.143. The molecule has 0 radical (unpaired) electrons. The molecule has 0 amide bonds. The van der Waals surface area contributed by atoms with Gasteiger partial charge in [-0.25, -0.2) is 4.39 Å². The minimum atomic E-state index is -0.317. The number of hydrogen-bond donors (Lipinski definition) is 1. The summed E-state index contributed by atoms with van der Waals surface area (Å²) in [5, 5.41) is 1.08. The van der Waals surface area contributed by atoms with E-state index in [1.165, 1.54) is 6.07 Å². The van der Waals surface area contributed by atoms with Crippen LogP contribution in [0.15, 0.2) is 40.9 Å². The van der Waals surface area contributed by atoms with Gasteiger partial charge >= 0.3 is 0 Å². The minimum absolute atomic E-state index is 0.299. The van der Waals surface area contributed by atoms with Crippen LogP contribution in [0.1, 0.15) is 17.2 Å². The quantitative estimate of drug-likeness (QED) is 0.803. The summed E-state index contributed by atoms with van der Waals surface area (Å²) >= 11 is 15.2. The molecule has 2 rings (SSSR count). The second kappa shape index (κ2) is 6.23. The molecule has 0 heterocycles. The second-order valence-corrected chi connectivity index (χ2v) is 5.83. The predicted octanol–water partition coefficient (Wildman–Crippen LogP) is 5.14. The van der Waals surface area contributed by atoms with Gasteiger partial charge in [0.05, 0.1) is 4.47 Å². The maximum Gasteiger partial charge on any atom is 0.137 e. The average Bonchev–Trinajstić information content (AvgIpc) is 2.34. The molecule has 0 saturated heterocycles. The number of hydrogen-bond acceptors (Lipinski definition) is 1. The third kappa shape index (κ3) is 3.48. The molecule has 19 heavy (non-hydrogen) atoms. The zero-order valence-corrected chi connectivity index (χ0v) is 12.9. The van der Waals surface area contributed by atoms with Gasteiger partial charge in [-0.3, -0.25) is 0 Å². The van der Waals surface area contributed by atoms with Gasteiger partial charge in [0.25, 0.3) is 0 Å². The van der Waals surface area contributed by atoms with Crippen molar-refractivity contribution in [3.8, 4) is 0 Å². The topological polar surface area (TPSA) is 26.0 Å². The minimum Gasteiger partial charge on any atom is -0.324 e. The Morgan fingerprint density at radius 2 is 1.95 bits per heavy atom. The van der Waals surface area contributed by atoms with Crippen LogP contribution in [-0.2, 0) is 6.42 Å². The Bertz CT molecular complexity index is 604. The number of rotatable bonds is 3. The molecule has 0 fully saturated rings. The van der Waals surface area contributed by atoms with E-state index in [4.69, 9.17) is 28.9 Å². The molecule has 0 spiro atoms. The lowest BCUT2D eigenvalue weighted by Gasteiger charge is -2.15. The third-order valence-electron chi connectivity index (χ3n) is 2.83. The summed E-state index contributed by atoms with van der Waals surface area (Å²) in [6, 6.07) is 9.75. The highest BCUT2D eigenvalue weighted by Gasteiger charge is 2.14. The van der Waals surface area contributed by atoms with Crippen LogP contribution in [-0.4, -0.2) is 0 Å². The van der Waals surface area contributed by atoms with Crippen LogP contribution in [0, 0.1) is 5.82 Å². The largest absolute Gasteiger partial charge is 0.324 e. The van der Waals surface area contributed by atoms with Crippen molar-refractivity contribution in [2.45, 2.75) is 12.5 Å². The molecule has 5 heteroatoms. The maximum atomic E-state index is 13.4. The first kappa shape index (κ1) is 14.8. The average molecular weight is 363 g/mol. The summed E-state index contributed by atoms with van der Waals surface area (Å²) < 4.78 is 13.9. The summed E-state index contributed by atoms with van der Waals surface area (Å²) in [6.45, 7) is 0. The SMILES string of the molecule is NC(Cc1cccc(F)c1Br)c1ccc(Cl)cc1Cl. The van der Waals surface area contributed by atoms with Crippen LogP contribution in [0.25, 0.3) is 0 Å². The second-order valence-electron chi connectivity index (χ2n) is 4.19. The van der Waals surface area contributed by atoms with E-state index >= 15 is 0 Å². The first-order chi connectivity index (χ1) is 8.99. The fourth-order valence-corrected chi connectivity index (χ4v) is 2.83. The van der Waals surface area contributed by atoms with E-state index in [2.05, 4.69) is 15.9 Å². The van der Waals surface area contributed by atoms with Gasteiger partial charge in [-0.05, 0) is 51.7 Å². The summed E-state index contributed by atoms with van der Waals surface area (Å²) in [4.78, 5) is 0. The van der Waals surface area contributed by atoms with Gasteiger partial charge in [0.2, 0.25) is 0 Å². The van der Waals surface area contributed by atoms with E-state index in [0.717, 1.165) is 11.1 Å². The van der Waals surface area contributed by atoms with Crippen LogP contribution < -0.4 is 5.73 Å². The van der Waals surface area contributed by atoms with E-state index in [-0.39, 0.29) is 11.9 Å². The van der Waals surface area contributed by atoms with Crippen molar-refractivity contribution < 1.29 is 4.39 Å².